The van der Waals surface area contributed by atoms with E-state index in [1.165, 1.54) is 0 Å². The molecule has 0 saturated carbocycles. The first-order chi connectivity index (χ1) is 8.20. The van der Waals surface area contributed by atoms with Crippen molar-refractivity contribution in [2.75, 3.05) is 0 Å². The molecule has 3 heteroatoms. The van der Waals surface area contributed by atoms with E-state index in [-0.39, 0.29) is 0 Å². The van der Waals surface area contributed by atoms with Crippen LogP contribution >= 0.6 is 27.5 Å². The minimum absolute atomic E-state index is 0.716. The van der Waals surface area contributed by atoms with Crippen LogP contribution in [0.5, 0.6) is 11.5 Å². The van der Waals surface area contributed by atoms with Gasteiger partial charge in [-0.2, -0.15) is 0 Å². The average Bonchev–Trinajstić information content (AvgIpc) is 2.32. The number of hydrogen-bond acceptors (Lipinski definition) is 1. The van der Waals surface area contributed by atoms with Crippen molar-refractivity contribution in [2.24, 2.45) is 0 Å². The molecule has 0 spiro atoms. The minimum Gasteiger partial charge on any atom is -0.457 e. The van der Waals surface area contributed by atoms with Gasteiger partial charge in [-0.05, 0) is 36.2 Å². The van der Waals surface area contributed by atoms with Crippen molar-refractivity contribution < 1.29 is 4.74 Å². The summed E-state index contributed by atoms with van der Waals surface area (Å²) in [6.45, 7) is 2.02. The van der Waals surface area contributed by atoms with Gasteiger partial charge in [0.2, 0.25) is 0 Å². The average molecular weight is 312 g/mol. The zero-order valence-electron chi connectivity index (χ0n) is 9.41. The van der Waals surface area contributed by atoms with Gasteiger partial charge >= 0.3 is 0 Å². The Hall–Kier alpha value is -0.990. The van der Waals surface area contributed by atoms with E-state index in [0.29, 0.717) is 5.02 Å². The molecule has 0 heterocycles. The molecule has 0 atom stereocenters. The van der Waals surface area contributed by atoms with E-state index in [1.54, 1.807) is 0 Å². The zero-order valence-corrected chi connectivity index (χ0v) is 11.8. The van der Waals surface area contributed by atoms with E-state index in [1.807, 2.05) is 49.4 Å². The third-order valence-electron chi connectivity index (χ3n) is 2.49. The Kier molecular flexibility index (Phi) is 4.08. The van der Waals surface area contributed by atoms with Gasteiger partial charge in [0.05, 0.1) is 0 Å². The van der Waals surface area contributed by atoms with Crippen LogP contribution in [0, 0.1) is 6.92 Å². The molecule has 0 aliphatic carbocycles. The smallest absolute Gasteiger partial charge is 0.130 e. The summed E-state index contributed by atoms with van der Waals surface area (Å²) in [5.41, 5.74) is 2.16. The van der Waals surface area contributed by atoms with Crippen LogP contribution in [-0.4, -0.2) is 0 Å². The summed E-state index contributed by atoms with van der Waals surface area (Å²) in [5, 5.41) is 1.46. The molecule has 88 valence electrons. The highest BCUT2D eigenvalue weighted by Crippen LogP contribution is 2.29. The van der Waals surface area contributed by atoms with Gasteiger partial charge in [0.1, 0.15) is 11.5 Å². The van der Waals surface area contributed by atoms with Crippen molar-refractivity contribution in [1.82, 2.24) is 0 Å². The predicted octanol–water partition coefficient (Wildman–Crippen LogP) is 5.34. The second-order valence-corrected chi connectivity index (χ2v) is 4.72. The maximum Gasteiger partial charge on any atom is 0.130 e. The van der Waals surface area contributed by atoms with Crippen molar-refractivity contribution in [2.45, 2.75) is 12.3 Å². The lowest BCUT2D eigenvalue weighted by Crippen LogP contribution is -1.88. The largest absolute Gasteiger partial charge is 0.457 e. The van der Waals surface area contributed by atoms with E-state index in [9.17, 15) is 0 Å². The first kappa shape index (κ1) is 12.5. The maximum absolute atomic E-state index is 6.13. The fourth-order valence-electron chi connectivity index (χ4n) is 1.50. The van der Waals surface area contributed by atoms with E-state index < -0.39 is 0 Å². The first-order valence-corrected chi connectivity index (χ1v) is 6.78. The van der Waals surface area contributed by atoms with Crippen LogP contribution in [0.4, 0.5) is 0 Å². The number of ether oxygens (including phenoxy) is 1. The third kappa shape index (κ3) is 3.02. The molecule has 0 unspecified atom stereocenters. The summed E-state index contributed by atoms with van der Waals surface area (Å²) in [4.78, 5) is 0. The van der Waals surface area contributed by atoms with Gasteiger partial charge in [0.25, 0.3) is 0 Å². The molecule has 0 aliphatic heterocycles. The van der Waals surface area contributed by atoms with Gasteiger partial charge in [-0.25, -0.2) is 0 Å². The van der Waals surface area contributed by atoms with E-state index in [2.05, 4.69) is 15.9 Å². The normalized spacial score (nSPS) is 10.3. The fourth-order valence-corrected chi connectivity index (χ4v) is 2.39. The minimum atomic E-state index is 0.716. The number of aryl methyl sites for hydroxylation is 1. The van der Waals surface area contributed by atoms with Crippen molar-refractivity contribution in [3.63, 3.8) is 0 Å². The van der Waals surface area contributed by atoms with Crippen molar-refractivity contribution >= 4 is 27.5 Å². The monoisotopic (exact) mass is 310 g/mol. The molecule has 0 aromatic heterocycles. The summed E-state index contributed by atoms with van der Waals surface area (Å²) in [6, 6.07) is 13.6. The lowest BCUT2D eigenvalue weighted by Gasteiger charge is -2.09. The Balaban J connectivity index is 2.25. The summed E-state index contributed by atoms with van der Waals surface area (Å²) in [6.07, 6.45) is 0. The number of hydrogen-bond donors (Lipinski definition) is 0. The molecule has 0 radical (unpaired) electrons. The molecular weight excluding hydrogens is 300 g/mol. The second-order valence-electron chi connectivity index (χ2n) is 3.75. The van der Waals surface area contributed by atoms with E-state index >= 15 is 0 Å². The van der Waals surface area contributed by atoms with Gasteiger partial charge in [-0.1, -0.05) is 51.8 Å². The molecule has 0 fully saturated rings. The number of para-hydroxylation sites is 1. The lowest BCUT2D eigenvalue weighted by atomic mass is 10.2. The van der Waals surface area contributed by atoms with Gasteiger partial charge < -0.3 is 4.74 Å². The molecule has 17 heavy (non-hydrogen) atoms. The Bertz CT molecular complexity index is 525. The van der Waals surface area contributed by atoms with Crippen LogP contribution in [0.2, 0.25) is 5.02 Å². The molecule has 0 bridgehead atoms. The van der Waals surface area contributed by atoms with Crippen LogP contribution in [0.25, 0.3) is 0 Å². The summed E-state index contributed by atoms with van der Waals surface area (Å²) < 4.78 is 5.79. The highest BCUT2D eigenvalue weighted by molar-refractivity contribution is 9.08. The Morgan fingerprint density at radius 2 is 1.94 bits per heavy atom. The third-order valence-corrected chi connectivity index (χ3v) is 3.45. The highest BCUT2D eigenvalue weighted by Gasteiger charge is 2.04. The molecule has 0 N–H and O–H groups in total. The van der Waals surface area contributed by atoms with Gasteiger partial charge in [-0.15, -0.1) is 0 Å². The SMILES string of the molecule is Cc1ccccc1Oc1ccc(CBr)c(Cl)c1. The Morgan fingerprint density at radius 1 is 1.18 bits per heavy atom. The van der Waals surface area contributed by atoms with E-state index in [4.69, 9.17) is 16.3 Å². The lowest BCUT2D eigenvalue weighted by molar-refractivity contribution is 0.479. The van der Waals surface area contributed by atoms with Gasteiger partial charge in [0, 0.05) is 10.4 Å². The molecule has 2 rings (SSSR count). The van der Waals surface area contributed by atoms with Crippen LogP contribution in [0.15, 0.2) is 42.5 Å². The molecule has 1 nitrogen and oxygen atoms in total. The van der Waals surface area contributed by atoms with Crippen molar-refractivity contribution in [3.05, 3.63) is 58.6 Å². The van der Waals surface area contributed by atoms with E-state index in [0.717, 1.165) is 28.0 Å². The van der Waals surface area contributed by atoms with Crippen molar-refractivity contribution in [1.29, 1.82) is 0 Å². The van der Waals surface area contributed by atoms with Crippen LogP contribution in [0.1, 0.15) is 11.1 Å². The molecule has 0 saturated heterocycles. The summed E-state index contributed by atoms with van der Waals surface area (Å²) in [5.74, 6) is 1.61. The maximum atomic E-state index is 6.13. The predicted molar refractivity (Wildman–Crippen MR) is 75.3 cm³/mol. The summed E-state index contributed by atoms with van der Waals surface area (Å²) >= 11 is 9.51. The van der Waals surface area contributed by atoms with Crippen LogP contribution in [0.3, 0.4) is 0 Å². The summed E-state index contributed by atoms with van der Waals surface area (Å²) in [7, 11) is 0. The fraction of sp³-hybridized carbons (Fsp3) is 0.143. The molecule has 2 aromatic carbocycles. The zero-order chi connectivity index (χ0) is 12.3. The number of alkyl halides is 1. The molecule has 2 aromatic rings. The van der Waals surface area contributed by atoms with Gasteiger partial charge in [0.15, 0.2) is 0 Å². The molecular formula is C14H12BrClO. The quantitative estimate of drug-likeness (QED) is 0.696. The number of halogens is 2. The van der Waals surface area contributed by atoms with Crippen LogP contribution in [-0.2, 0) is 5.33 Å². The number of rotatable bonds is 3. The highest BCUT2D eigenvalue weighted by atomic mass is 79.9. The number of benzene rings is 2. The van der Waals surface area contributed by atoms with Crippen molar-refractivity contribution in [3.8, 4) is 11.5 Å². The Labute approximate surface area is 115 Å². The van der Waals surface area contributed by atoms with Gasteiger partial charge in [-0.3, -0.25) is 0 Å². The Morgan fingerprint density at radius 3 is 2.59 bits per heavy atom. The van der Waals surface area contributed by atoms with Crippen LogP contribution < -0.4 is 4.74 Å². The molecule has 0 aliphatic rings. The topological polar surface area (TPSA) is 9.23 Å². The molecule has 0 amide bonds. The second kappa shape index (κ2) is 5.56. The standard InChI is InChI=1S/C14H12BrClO/c1-10-4-2-3-5-14(10)17-12-7-6-11(9-15)13(16)8-12/h2-8H,9H2,1H3. The first-order valence-electron chi connectivity index (χ1n) is 5.28.